The Morgan fingerprint density at radius 3 is 2.91 bits per heavy atom. The van der Waals surface area contributed by atoms with Crippen LogP contribution in [0.2, 0.25) is 0 Å². The summed E-state index contributed by atoms with van der Waals surface area (Å²) in [7, 11) is 0. The molecule has 3 rings (SSSR count). The van der Waals surface area contributed by atoms with Gasteiger partial charge in [0.15, 0.2) is 0 Å². The number of rotatable bonds is 5. The van der Waals surface area contributed by atoms with Gasteiger partial charge < -0.3 is 15.8 Å². The van der Waals surface area contributed by atoms with Crippen molar-refractivity contribution in [3.63, 3.8) is 0 Å². The van der Waals surface area contributed by atoms with Crippen molar-refractivity contribution in [2.24, 2.45) is 5.73 Å². The van der Waals surface area contributed by atoms with E-state index in [1.54, 1.807) is 18.3 Å². The van der Waals surface area contributed by atoms with Gasteiger partial charge in [0.25, 0.3) is 0 Å². The Kier molecular flexibility index (Phi) is 4.34. The van der Waals surface area contributed by atoms with Gasteiger partial charge in [-0.2, -0.15) is 0 Å². The number of ether oxygens (including phenoxy) is 1. The lowest BCUT2D eigenvalue weighted by Crippen LogP contribution is -2.11. The number of hydrogen-bond acceptors (Lipinski definition) is 5. The number of aromatic nitrogens is 2. The van der Waals surface area contributed by atoms with Gasteiger partial charge in [0.05, 0.1) is 0 Å². The monoisotopic (exact) mass is 312 g/mol. The van der Waals surface area contributed by atoms with Crippen molar-refractivity contribution in [1.29, 1.82) is 0 Å². The Morgan fingerprint density at radius 1 is 1.26 bits per heavy atom. The van der Waals surface area contributed by atoms with Crippen LogP contribution in [0, 0.1) is 12.7 Å². The fourth-order valence-electron chi connectivity index (χ4n) is 2.29. The number of anilines is 2. The molecule has 118 valence electrons. The van der Waals surface area contributed by atoms with Crippen molar-refractivity contribution >= 4 is 22.5 Å². The molecule has 0 fully saturated rings. The summed E-state index contributed by atoms with van der Waals surface area (Å²) in [5.74, 6) is 0.720. The van der Waals surface area contributed by atoms with Crippen molar-refractivity contribution in [1.82, 2.24) is 9.97 Å². The second-order valence-electron chi connectivity index (χ2n) is 5.17. The number of hydrogen-bond donors (Lipinski definition) is 2. The SMILES string of the molecule is Cc1cc(OCCN)c2nc(Nc3cccc(F)c3)ncc2c1. The van der Waals surface area contributed by atoms with Crippen LogP contribution in [0.4, 0.5) is 16.0 Å². The molecule has 1 heterocycles. The minimum absolute atomic E-state index is 0.321. The normalized spacial score (nSPS) is 10.7. The van der Waals surface area contributed by atoms with E-state index in [-0.39, 0.29) is 5.82 Å². The molecule has 0 bridgehead atoms. The van der Waals surface area contributed by atoms with Gasteiger partial charge in [0, 0.05) is 23.8 Å². The Labute approximate surface area is 133 Å². The van der Waals surface area contributed by atoms with Crippen LogP contribution in [0.3, 0.4) is 0 Å². The summed E-state index contributed by atoms with van der Waals surface area (Å²) in [5.41, 5.74) is 7.83. The van der Waals surface area contributed by atoms with Gasteiger partial charge in [-0.25, -0.2) is 14.4 Å². The van der Waals surface area contributed by atoms with Crippen molar-refractivity contribution < 1.29 is 9.13 Å². The molecule has 0 atom stereocenters. The molecular weight excluding hydrogens is 295 g/mol. The molecule has 0 aliphatic carbocycles. The fraction of sp³-hybridized carbons (Fsp3) is 0.176. The van der Waals surface area contributed by atoms with E-state index in [1.165, 1.54) is 12.1 Å². The maximum atomic E-state index is 13.3. The Morgan fingerprint density at radius 2 is 2.13 bits per heavy atom. The molecule has 5 nitrogen and oxygen atoms in total. The first kappa shape index (κ1) is 15.2. The zero-order valence-electron chi connectivity index (χ0n) is 12.7. The molecule has 1 aromatic heterocycles. The van der Waals surface area contributed by atoms with Crippen molar-refractivity contribution in [3.8, 4) is 5.75 Å². The lowest BCUT2D eigenvalue weighted by atomic mass is 10.1. The van der Waals surface area contributed by atoms with E-state index in [9.17, 15) is 4.39 Å². The molecule has 0 saturated carbocycles. The van der Waals surface area contributed by atoms with Gasteiger partial charge in [-0.15, -0.1) is 0 Å². The first-order valence-corrected chi connectivity index (χ1v) is 7.28. The van der Waals surface area contributed by atoms with Crippen LogP contribution in [0.1, 0.15) is 5.56 Å². The highest BCUT2D eigenvalue weighted by Gasteiger charge is 2.08. The molecule has 6 heteroatoms. The van der Waals surface area contributed by atoms with Gasteiger partial charge >= 0.3 is 0 Å². The summed E-state index contributed by atoms with van der Waals surface area (Å²) in [6.07, 6.45) is 1.71. The molecule has 3 aromatic rings. The van der Waals surface area contributed by atoms with E-state index in [2.05, 4.69) is 15.3 Å². The van der Waals surface area contributed by atoms with E-state index >= 15 is 0 Å². The maximum absolute atomic E-state index is 13.3. The number of nitrogens with one attached hydrogen (secondary N) is 1. The highest BCUT2D eigenvalue weighted by Crippen LogP contribution is 2.27. The number of nitrogens with two attached hydrogens (primary N) is 1. The molecule has 23 heavy (non-hydrogen) atoms. The molecule has 0 aliphatic rings. The number of aryl methyl sites for hydroxylation is 1. The van der Waals surface area contributed by atoms with Crippen LogP contribution < -0.4 is 15.8 Å². The van der Waals surface area contributed by atoms with Gasteiger partial charge in [0.2, 0.25) is 5.95 Å². The van der Waals surface area contributed by atoms with Crippen LogP contribution in [-0.2, 0) is 0 Å². The van der Waals surface area contributed by atoms with Crippen molar-refractivity contribution in [2.45, 2.75) is 6.92 Å². The standard InChI is InChI=1S/C17H17FN4O/c1-11-7-12-10-20-17(21-14-4-2-3-13(18)9-14)22-16(12)15(8-11)23-6-5-19/h2-4,7-10H,5-6,19H2,1H3,(H,20,21,22). The zero-order valence-corrected chi connectivity index (χ0v) is 12.7. The quantitative estimate of drug-likeness (QED) is 0.757. The van der Waals surface area contributed by atoms with Gasteiger partial charge in [-0.05, 0) is 42.8 Å². The number of halogens is 1. The van der Waals surface area contributed by atoms with Crippen LogP contribution in [0.5, 0.6) is 5.75 Å². The zero-order chi connectivity index (χ0) is 16.2. The van der Waals surface area contributed by atoms with Crippen molar-refractivity contribution in [2.75, 3.05) is 18.5 Å². The molecule has 2 aromatic carbocycles. The molecule has 0 unspecified atom stereocenters. The molecule has 0 saturated heterocycles. The lowest BCUT2D eigenvalue weighted by Gasteiger charge is -2.11. The highest BCUT2D eigenvalue weighted by atomic mass is 19.1. The number of benzene rings is 2. The lowest BCUT2D eigenvalue weighted by molar-refractivity contribution is 0.331. The highest BCUT2D eigenvalue weighted by molar-refractivity contribution is 5.85. The smallest absolute Gasteiger partial charge is 0.227 e. The first-order valence-electron chi connectivity index (χ1n) is 7.28. The summed E-state index contributed by atoms with van der Waals surface area (Å²) >= 11 is 0. The van der Waals surface area contributed by atoms with Crippen molar-refractivity contribution in [3.05, 3.63) is 54.0 Å². The van der Waals surface area contributed by atoms with E-state index in [0.29, 0.717) is 36.1 Å². The Bertz CT molecular complexity index is 838. The molecule has 0 spiro atoms. The summed E-state index contributed by atoms with van der Waals surface area (Å²) in [5, 5.41) is 3.87. The van der Waals surface area contributed by atoms with Crippen LogP contribution in [0.15, 0.2) is 42.6 Å². The molecule has 0 amide bonds. The second-order valence-corrected chi connectivity index (χ2v) is 5.17. The Balaban J connectivity index is 1.98. The van der Waals surface area contributed by atoms with E-state index in [1.807, 2.05) is 19.1 Å². The predicted molar refractivity (Wildman–Crippen MR) is 88.5 cm³/mol. The third kappa shape index (κ3) is 3.54. The second kappa shape index (κ2) is 6.58. The summed E-state index contributed by atoms with van der Waals surface area (Å²) < 4.78 is 18.9. The maximum Gasteiger partial charge on any atom is 0.227 e. The third-order valence-corrected chi connectivity index (χ3v) is 3.25. The molecular formula is C17H17FN4O. The average Bonchev–Trinajstić information content (AvgIpc) is 2.53. The van der Waals surface area contributed by atoms with Gasteiger partial charge in [-0.3, -0.25) is 0 Å². The first-order chi connectivity index (χ1) is 11.2. The topological polar surface area (TPSA) is 73.1 Å². The molecule has 0 aliphatic heterocycles. The number of nitrogens with zero attached hydrogens (tertiary/aromatic N) is 2. The molecule has 0 radical (unpaired) electrons. The summed E-state index contributed by atoms with van der Waals surface area (Å²) in [6, 6.07) is 10.0. The Hall–Kier alpha value is -2.73. The third-order valence-electron chi connectivity index (χ3n) is 3.25. The van der Waals surface area contributed by atoms with Crippen LogP contribution in [-0.4, -0.2) is 23.1 Å². The minimum Gasteiger partial charge on any atom is -0.490 e. The number of fused-ring (bicyclic) bond motifs is 1. The summed E-state index contributed by atoms with van der Waals surface area (Å²) in [6.45, 7) is 2.82. The van der Waals surface area contributed by atoms with Gasteiger partial charge in [-0.1, -0.05) is 6.07 Å². The van der Waals surface area contributed by atoms with Crippen LogP contribution >= 0.6 is 0 Å². The minimum atomic E-state index is -0.321. The summed E-state index contributed by atoms with van der Waals surface area (Å²) in [4.78, 5) is 8.75. The van der Waals surface area contributed by atoms with E-state index < -0.39 is 0 Å². The largest absolute Gasteiger partial charge is 0.490 e. The molecule has 3 N–H and O–H groups in total. The predicted octanol–water partition coefficient (Wildman–Crippen LogP) is 3.16. The van der Waals surface area contributed by atoms with E-state index in [0.717, 1.165) is 10.9 Å². The van der Waals surface area contributed by atoms with Gasteiger partial charge in [0.1, 0.15) is 23.7 Å². The average molecular weight is 312 g/mol. The van der Waals surface area contributed by atoms with E-state index in [4.69, 9.17) is 10.5 Å². The fourth-order valence-corrected chi connectivity index (χ4v) is 2.29. The van der Waals surface area contributed by atoms with Crippen LogP contribution in [0.25, 0.3) is 10.9 Å².